The van der Waals surface area contributed by atoms with Crippen LogP contribution in [0.1, 0.15) is 42.3 Å². The average molecular weight is 315 g/mol. The zero-order valence-corrected chi connectivity index (χ0v) is 13.8. The van der Waals surface area contributed by atoms with Crippen molar-refractivity contribution >= 4 is 17.2 Å². The molecule has 0 radical (unpaired) electrons. The number of amides is 1. The maximum atomic E-state index is 12.3. The lowest BCUT2D eigenvalue weighted by molar-refractivity contribution is -0.127. The van der Waals surface area contributed by atoms with Gasteiger partial charge in [-0.05, 0) is 67.8 Å². The lowest BCUT2D eigenvalue weighted by Crippen LogP contribution is -2.37. The standard InChI is InChI=1S/C18H21NO2S/c1-12(17-7-4-10-22-17)19-18(20)13(2)21-16-9-8-14-5-3-6-15(14)11-16/h4,7-13H,3,5-6H2,1-2H3,(H,19,20)/t12-,13-/m0/s1. The Bertz CT molecular complexity index is 651. The van der Waals surface area contributed by atoms with Crippen molar-refractivity contribution in [1.82, 2.24) is 5.32 Å². The summed E-state index contributed by atoms with van der Waals surface area (Å²) in [7, 11) is 0. The highest BCUT2D eigenvalue weighted by atomic mass is 32.1. The second-order valence-corrected chi connectivity index (χ2v) is 6.77. The summed E-state index contributed by atoms with van der Waals surface area (Å²) in [6.45, 7) is 3.79. The van der Waals surface area contributed by atoms with Crippen LogP contribution in [0.3, 0.4) is 0 Å². The van der Waals surface area contributed by atoms with Gasteiger partial charge >= 0.3 is 0 Å². The molecule has 1 N–H and O–H groups in total. The fourth-order valence-electron chi connectivity index (χ4n) is 2.82. The summed E-state index contributed by atoms with van der Waals surface area (Å²) < 4.78 is 5.81. The van der Waals surface area contributed by atoms with Crippen molar-refractivity contribution in [2.75, 3.05) is 0 Å². The number of nitrogens with one attached hydrogen (secondary N) is 1. The third-order valence-corrected chi connectivity index (χ3v) is 5.14. The molecule has 0 spiro atoms. The maximum Gasteiger partial charge on any atom is 0.261 e. The Labute approximate surface area is 135 Å². The highest BCUT2D eigenvalue weighted by molar-refractivity contribution is 7.10. The van der Waals surface area contributed by atoms with E-state index in [4.69, 9.17) is 4.74 Å². The lowest BCUT2D eigenvalue weighted by atomic mass is 10.1. The smallest absolute Gasteiger partial charge is 0.261 e. The summed E-state index contributed by atoms with van der Waals surface area (Å²) in [6.07, 6.45) is 2.99. The molecule has 1 aromatic carbocycles. The van der Waals surface area contributed by atoms with Gasteiger partial charge in [-0.15, -0.1) is 11.3 Å². The van der Waals surface area contributed by atoms with Crippen LogP contribution in [0.15, 0.2) is 35.7 Å². The normalized spacial score (nSPS) is 15.9. The highest BCUT2D eigenvalue weighted by Crippen LogP contribution is 2.26. The minimum Gasteiger partial charge on any atom is -0.481 e. The molecule has 2 aromatic rings. The first kappa shape index (κ1) is 15.1. The first-order chi connectivity index (χ1) is 10.6. The third-order valence-electron chi connectivity index (χ3n) is 4.08. The molecule has 116 valence electrons. The van der Waals surface area contributed by atoms with Gasteiger partial charge in [0.1, 0.15) is 5.75 Å². The van der Waals surface area contributed by atoms with E-state index < -0.39 is 6.10 Å². The number of carbonyl (C=O) groups is 1. The van der Waals surface area contributed by atoms with Gasteiger partial charge < -0.3 is 10.1 Å². The third kappa shape index (κ3) is 3.33. The first-order valence-corrected chi connectivity index (χ1v) is 8.63. The Morgan fingerprint density at radius 2 is 2.05 bits per heavy atom. The van der Waals surface area contributed by atoms with Gasteiger partial charge in [-0.1, -0.05) is 12.1 Å². The summed E-state index contributed by atoms with van der Waals surface area (Å²) in [6, 6.07) is 10.2. The Morgan fingerprint density at radius 3 is 2.82 bits per heavy atom. The molecular formula is C18H21NO2S. The SMILES string of the molecule is C[C@H](Oc1ccc2c(c1)CCC2)C(=O)N[C@@H](C)c1cccs1. The van der Waals surface area contributed by atoms with Gasteiger partial charge in [0.15, 0.2) is 6.10 Å². The minimum atomic E-state index is -0.498. The lowest BCUT2D eigenvalue weighted by Gasteiger charge is -2.18. The van der Waals surface area contributed by atoms with Crippen LogP contribution in [0.2, 0.25) is 0 Å². The summed E-state index contributed by atoms with van der Waals surface area (Å²) in [5.74, 6) is 0.702. The van der Waals surface area contributed by atoms with E-state index in [2.05, 4.69) is 17.4 Å². The Hall–Kier alpha value is -1.81. The second-order valence-electron chi connectivity index (χ2n) is 5.79. The molecule has 1 aromatic heterocycles. The molecule has 1 heterocycles. The maximum absolute atomic E-state index is 12.3. The predicted octanol–water partition coefficient (Wildman–Crippen LogP) is 3.88. The van der Waals surface area contributed by atoms with E-state index in [1.54, 1.807) is 18.3 Å². The molecule has 0 bridgehead atoms. The summed E-state index contributed by atoms with van der Waals surface area (Å²) in [5.41, 5.74) is 2.77. The van der Waals surface area contributed by atoms with E-state index >= 15 is 0 Å². The number of ether oxygens (including phenoxy) is 1. The van der Waals surface area contributed by atoms with Crippen molar-refractivity contribution in [1.29, 1.82) is 0 Å². The van der Waals surface area contributed by atoms with Crippen molar-refractivity contribution < 1.29 is 9.53 Å². The largest absolute Gasteiger partial charge is 0.481 e. The Kier molecular flexibility index (Phi) is 4.48. The summed E-state index contributed by atoms with van der Waals surface area (Å²) in [5, 5.41) is 5.02. The Morgan fingerprint density at radius 1 is 1.23 bits per heavy atom. The molecule has 0 unspecified atom stereocenters. The van der Waals surface area contributed by atoms with Crippen LogP contribution in [0.4, 0.5) is 0 Å². The Balaban J connectivity index is 1.59. The van der Waals surface area contributed by atoms with Crippen molar-refractivity contribution in [3.8, 4) is 5.75 Å². The average Bonchev–Trinajstić information content (AvgIpc) is 3.18. The highest BCUT2D eigenvalue weighted by Gasteiger charge is 2.19. The van der Waals surface area contributed by atoms with Gasteiger partial charge in [0.05, 0.1) is 6.04 Å². The zero-order chi connectivity index (χ0) is 15.5. The quantitative estimate of drug-likeness (QED) is 0.909. The van der Waals surface area contributed by atoms with Crippen molar-refractivity contribution in [3.05, 3.63) is 51.7 Å². The fraction of sp³-hybridized carbons (Fsp3) is 0.389. The molecule has 0 aliphatic heterocycles. The van der Waals surface area contributed by atoms with Crippen LogP contribution >= 0.6 is 11.3 Å². The van der Waals surface area contributed by atoms with Crippen LogP contribution in [0, 0.1) is 0 Å². The van der Waals surface area contributed by atoms with E-state index in [1.165, 1.54) is 17.5 Å². The first-order valence-electron chi connectivity index (χ1n) is 7.75. The second kappa shape index (κ2) is 6.53. The van der Waals surface area contributed by atoms with E-state index in [-0.39, 0.29) is 11.9 Å². The van der Waals surface area contributed by atoms with Crippen LogP contribution < -0.4 is 10.1 Å². The number of thiophene rings is 1. The molecule has 1 aliphatic rings. The number of carbonyl (C=O) groups excluding carboxylic acids is 1. The number of hydrogen-bond donors (Lipinski definition) is 1. The van der Waals surface area contributed by atoms with Gasteiger partial charge in [-0.25, -0.2) is 0 Å². The van der Waals surface area contributed by atoms with Crippen LogP contribution in [0.25, 0.3) is 0 Å². The number of rotatable bonds is 5. The van der Waals surface area contributed by atoms with E-state index in [9.17, 15) is 4.79 Å². The van der Waals surface area contributed by atoms with Gasteiger partial charge in [-0.2, -0.15) is 0 Å². The molecule has 4 heteroatoms. The van der Waals surface area contributed by atoms with E-state index in [0.717, 1.165) is 23.5 Å². The van der Waals surface area contributed by atoms with Crippen molar-refractivity contribution in [2.24, 2.45) is 0 Å². The van der Waals surface area contributed by atoms with E-state index in [0.29, 0.717) is 0 Å². The molecule has 1 aliphatic carbocycles. The van der Waals surface area contributed by atoms with Crippen LogP contribution in [0.5, 0.6) is 5.75 Å². The molecule has 0 saturated carbocycles. The molecule has 3 rings (SSSR count). The summed E-state index contributed by atoms with van der Waals surface area (Å²) in [4.78, 5) is 13.4. The fourth-order valence-corrected chi connectivity index (χ4v) is 3.55. The predicted molar refractivity (Wildman–Crippen MR) is 89.4 cm³/mol. The molecule has 0 saturated heterocycles. The van der Waals surface area contributed by atoms with Crippen LogP contribution in [-0.2, 0) is 17.6 Å². The van der Waals surface area contributed by atoms with Gasteiger partial charge in [0.2, 0.25) is 0 Å². The molecule has 1 amide bonds. The van der Waals surface area contributed by atoms with Crippen LogP contribution in [-0.4, -0.2) is 12.0 Å². The monoisotopic (exact) mass is 315 g/mol. The van der Waals surface area contributed by atoms with Gasteiger partial charge in [-0.3, -0.25) is 4.79 Å². The molecule has 22 heavy (non-hydrogen) atoms. The van der Waals surface area contributed by atoms with Crippen molar-refractivity contribution in [3.63, 3.8) is 0 Å². The topological polar surface area (TPSA) is 38.3 Å². The molecular weight excluding hydrogens is 294 g/mol. The minimum absolute atomic E-state index is 0.0126. The van der Waals surface area contributed by atoms with Crippen molar-refractivity contribution in [2.45, 2.75) is 45.3 Å². The number of hydrogen-bond acceptors (Lipinski definition) is 3. The number of benzene rings is 1. The van der Waals surface area contributed by atoms with Gasteiger partial charge in [0, 0.05) is 4.88 Å². The molecule has 3 nitrogen and oxygen atoms in total. The summed E-state index contributed by atoms with van der Waals surface area (Å²) >= 11 is 1.65. The van der Waals surface area contributed by atoms with E-state index in [1.807, 2.05) is 30.5 Å². The van der Waals surface area contributed by atoms with Gasteiger partial charge in [0.25, 0.3) is 5.91 Å². The molecule has 2 atom stereocenters. The number of aryl methyl sites for hydroxylation is 2. The number of fused-ring (bicyclic) bond motifs is 1. The zero-order valence-electron chi connectivity index (χ0n) is 13.0. The molecule has 0 fully saturated rings.